The van der Waals surface area contributed by atoms with Crippen LogP contribution in [0.3, 0.4) is 0 Å². The molecule has 0 aliphatic carbocycles. The van der Waals surface area contributed by atoms with Gasteiger partial charge in [0.05, 0.1) is 0 Å². The van der Waals surface area contributed by atoms with Gasteiger partial charge >= 0.3 is 6.61 Å². The average molecular weight is 371 g/mol. The summed E-state index contributed by atoms with van der Waals surface area (Å²) in [6.07, 6.45) is -0.158. The number of hydrogen-bond donors (Lipinski definition) is 1. The highest BCUT2D eigenvalue weighted by Crippen LogP contribution is 2.31. The molecule has 1 heterocycles. The molecule has 4 nitrogen and oxygen atoms in total. The highest BCUT2D eigenvalue weighted by Gasteiger charge is 2.20. The van der Waals surface area contributed by atoms with E-state index in [0.29, 0.717) is 31.0 Å². The van der Waals surface area contributed by atoms with Gasteiger partial charge in [-0.2, -0.15) is 8.78 Å². The van der Waals surface area contributed by atoms with Crippen molar-refractivity contribution in [2.45, 2.75) is 19.3 Å². The predicted molar refractivity (Wildman–Crippen MR) is 98.6 cm³/mol. The van der Waals surface area contributed by atoms with Gasteiger partial charge in [0.1, 0.15) is 18.5 Å². The second-order valence-electron chi connectivity index (χ2n) is 6.27. The van der Waals surface area contributed by atoms with E-state index in [-0.39, 0.29) is 11.9 Å². The fourth-order valence-electron chi connectivity index (χ4n) is 3.23. The van der Waals surface area contributed by atoms with Crippen molar-refractivity contribution in [3.63, 3.8) is 0 Å². The first-order valence-electron chi connectivity index (χ1n) is 8.75. The van der Waals surface area contributed by atoms with Crippen LogP contribution in [0.25, 0.3) is 10.8 Å². The van der Waals surface area contributed by atoms with Crippen LogP contribution in [-0.2, 0) is 6.54 Å². The molecule has 1 N–H and O–H groups in total. The topological polar surface area (TPSA) is 39.7 Å². The number of hydrogen-bond acceptors (Lipinski definition) is 4. The molecule has 1 atom stereocenters. The Hall–Kier alpha value is -2.86. The van der Waals surface area contributed by atoms with E-state index >= 15 is 0 Å². The predicted octanol–water partition coefficient (Wildman–Crippen LogP) is 4.37. The molecule has 0 aromatic heterocycles. The van der Waals surface area contributed by atoms with Crippen molar-refractivity contribution in [3.05, 3.63) is 66.2 Å². The van der Waals surface area contributed by atoms with E-state index in [1.165, 1.54) is 0 Å². The summed E-state index contributed by atoms with van der Waals surface area (Å²) in [7, 11) is 0. The van der Waals surface area contributed by atoms with Crippen LogP contribution in [0.4, 0.5) is 8.78 Å². The first-order chi connectivity index (χ1) is 13.2. The highest BCUT2D eigenvalue weighted by molar-refractivity contribution is 5.87. The number of rotatable bonds is 6. The fourth-order valence-corrected chi connectivity index (χ4v) is 3.23. The minimum absolute atomic E-state index is 0.158. The van der Waals surface area contributed by atoms with Gasteiger partial charge in [-0.05, 0) is 29.0 Å². The van der Waals surface area contributed by atoms with Crippen molar-refractivity contribution in [1.29, 1.82) is 0 Å². The monoisotopic (exact) mass is 371 g/mol. The Morgan fingerprint density at radius 2 is 1.78 bits per heavy atom. The number of benzene rings is 3. The van der Waals surface area contributed by atoms with E-state index in [9.17, 15) is 8.78 Å². The molecular formula is C21H19F2NO3. The zero-order chi connectivity index (χ0) is 18.6. The van der Waals surface area contributed by atoms with Crippen molar-refractivity contribution < 1.29 is 23.0 Å². The first kappa shape index (κ1) is 17.5. The van der Waals surface area contributed by atoms with Crippen molar-refractivity contribution in [2.75, 3.05) is 13.2 Å². The molecule has 0 saturated carbocycles. The number of para-hydroxylation sites is 2. The summed E-state index contributed by atoms with van der Waals surface area (Å²) < 4.78 is 41.9. The molecule has 0 amide bonds. The maximum absolute atomic E-state index is 12.8. The number of alkyl halides is 2. The first-order valence-corrected chi connectivity index (χ1v) is 8.75. The highest BCUT2D eigenvalue weighted by atomic mass is 19.3. The third kappa shape index (κ3) is 3.95. The van der Waals surface area contributed by atoms with Crippen LogP contribution in [0.1, 0.15) is 5.56 Å². The summed E-state index contributed by atoms with van der Waals surface area (Å²) >= 11 is 0. The molecule has 0 fully saturated rings. The standard InChI is InChI=1S/C21H19F2NO3/c22-21(23)27-18-10-9-14-5-1-2-6-16(14)17(18)12-24-11-15-13-25-19-7-3-4-8-20(19)26-15/h1-10,15,21,24H,11-13H2. The van der Waals surface area contributed by atoms with Gasteiger partial charge in [-0.25, -0.2) is 0 Å². The molecule has 1 aliphatic heterocycles. The van der Waals surface area contributed by atoms with Gasteiger partial charge in [0.15, 0.2) is 11.5 Å². The zero-order valence-electron chi connectivity index (χ0n) is 14.5. The molecule has 0 radical (unpaired) electrons. The minimum atomic E-state index is -2.86. The Morgan fingerprint density at radius 3 is 2.63 bits per heavy atom. The molecular weight excluding hydrogens is 352 g/mol. The second kappa shape index (κ2) is 7.80. The SMILES string of the molecule is FC(F)Oc1ccc2ccccc2c1CNCC1COc2ccccc2O1. The Labute approximate surface area is 155 Å². The van der Waals surface area contributed by atoms with E-state index < -0.39 is 6.61 Å². The molecule has 0 bridgehead atoms. The summed E-state index contributed by atoms with van der Waals surface area (Å²) in [6, 6.07) is 18.5. The van der Waals surface area contributed by atoms with Gasteiger partial charge in [0, 0.05) is 18.7 Å². The average Bonchev–Trinajstić information content (AvgIpc) is 2.69. The van der Waals surface area contributed by atoms with Crippen molar-refractivity contribution in [3.8, 4) is 17.2 Å². The number of ether oxygens (including phenoxy) is 3. The van der Waals surface area contributed by atoms with Crippen LogP contribution in [0, 0.1) is 0 Å². The van der Waals surface area contributed by atoms with E-state index in [2.05, 4.69) is 5.32 Å². The Bertz CT molecular complexity index is 932. The van der Waals surface area contributed by atoms with Gasteiger partial charge in [-0.1, -0.05) is 42.5 Å². The molecule has 1 unspecified atom stereocenters. The van der Waals surface area contributed by atoms with Crippen molar-refractivity contribution in [2.24, 2.45) is 0 Å². The summed E-state index contributed by atoms with van der Waals surface area (Å²) in [5.74, 6) is 1.63. The molecule has 6 heteroatoms. The summed E-state index contributed by atoms with van der Waals surface area (Å²) in [4.78, 5) is 0. The molecule has 140 valence electrons. The molecule has 3 aromatic carbocycles. The lowest BCUT2D eigenvalue weighted by molar-refractivity contribution is -0.0504. The Balaban J connectivity index is 1.47. The Morgan fingerprint density at radius 1 is 1.00 bits per heavy atom. The minimum Gasteiger partial charge on any atom is -0.486 e. The largest absolute Gasteiger partial charge is 0.486 e. The quantitative estimate of drug-likeness (QED) is 0.698. The van der Waals surface area contributed by atoms with Gasteiger partial charge in [0.2, 0.25) is 0 Å². The molecule has 1 aliphatic rings. The lowest BCUT2D eigenvalue weighted by Gasteiger charge is -2.26. The van der Waals surface area contributed by atoms with Crippen LogP contribution >= 0.6 is 0 Å². The Kier molecular flexibility index (Phi) is 5.07. The molecule has 0 saturated heterocycles. The molecule has 4 rings (SSSR count). The summed E-state index contributed by atoms with van der Waals surface area (Å²) in [5, 5.41) is 5.14. The number of halogens is 2. The number of nitrogens with one attached hydrogen (secondary N) is 1. The maximum atomic E-state index is 12.8. The summed E-state index contributed by atoms with van der Waals surface area (Å²) in [6.45, 7) is -1.53. The van der Waals surface area contributed by atoms with E-state index in [1.54, 1.807) is 12.1 Å². The van der Waals surface area contributed by atoms with Crippen molar-refractivity contribution >= 4 is 10.8 Å². The van der Waals surface area contributed by atoms with Gasteiger partial charge in [-0.15, -0.1) is 0 Å². The summed E-state index contributed by atoms with van der Waals surface area (Å²) in [5.41, 5.74) is 0.700. The van der Waals surface area contributed by atoms with Crippen LogP contribution in [-0.4, -0.2) is 25.9 Å². The van der Waals surface area contributed by atoms with E-state index in [1.807, 2.05) is 48.5 Å². The van der Waals surface area contributed by atoms with E-state index in [4.69, 9.17) is 14.2 Å². The maximum Gasteiger partial charge on any atom is 0.387 e. The zero-order valence-corrected chi connectivity index (χ0v) is 14.5. The normalized spacial score (nSPS) is 15.9. The van der Waals surface area contributed by atoms with E-state index in [0.717, 1.165) is 16.5 Å². The molecule has 3 aromatic rings. The smallest absolute Gasteiger partial charge is 0.387 e. The third-order valence-corrected chi connectivity index (χ3v) is 4.45. The lowest BCUT2D eigenvalue weighted by Crippen LogP contribution is -2.38. The van der Waals surface area contributed by atoms with Crippen LogP contribution in [0.5, 0.6) is 17.2 Å². The lowest BCUT2D eigenvalue weighted by atomic mass is 10.0. The van der Waals surface area contributed by atoms with Crippen molar-refractivity contribution in [1.82, 2.24) is 5.32 Å². The molecule has 27 heavy (non-hydrogen) atoms. The van der Waals surface area contributed by atoms with Gasteiger partial charge < -0.3 is 19.5 Å². The van der Waals surface area contributed by atoms with Crippen LogP contribution < -0.4 is 19.5 Å². The van der Waals surface area contributed by atoms with Crippen LogP contribution in [0.2, 0.25) is 0 Å². The molecule has 0 spiro atoms. The van der Waals surface area contributed by atoms with Crippen LogP contribution in [0.15, 0.2) is 60.7 Å². The van der Waals surface area contributed by atoms with Gasteiger partial charge in [-0.3, -0.25) is 0 Å². The number of fused-ring (bicyclic) bond motifs is 2. The fraction of sp³-hybridized carbons (Fsp3) is 0.238. The third-order valence-electron chi connectivity index (χ3n) is 4.45. The van der Waals surface area contributed by atoms with Gasteiger partial charge in [0.25, 0.3) is 0 Å². The second-order valence-corrected chi connectivity index (χ2v) is 6.27.